The Hall–Kier alpha value is -0.420. The largest absolute Gasteiger partial charge is 0.379 e. The predicted molar refractivity (Wildman–Crippen MR) is 51.7 cm³/mol. The van der Waals surface area contributed by atoms with E-state index in [1.165, 1.54) is 0 Å². The van der Waals surface area contributed by atoms with Gasteiger partial charge in [-0.2, -0.15) is 0 Å². The van der Waals surface area contributed by atoms with E-state index in [0.29, 0.717) is 6.04 Å². The molecule has 0 radical (unpaired) electrons. The molecule has 1 atom stereocenters. The molecule has 1 saturated heterocycles. The van der Waals surface area contributed by atoms with Gasteiger partial charge in [0.1, 0.15) is 0 Å². The first-order valence-corrected chi connectivity index (χ1v) is 5.56. The van der Waals surface area contributed by atoms with Gasteiger partial charge in [-0.3, -0.25) is 0 Å². The van der Waals surface area contributed by atoms with Crippen molar-refractivity contribution in [3.05, 3.63) is 11.9 Å². The summed E-state index contributed by atoms with van der Waals surface area (Å²) >= 11 is 3.41. The van der Waals surface area contributed by atoms with Crippen LogP contribution >= 0.6 is 15.9 Å². The van der Waals surface area contributed by atoms with Crippen LogP contribution in [0, 0.1) is 0 Å². The minimum atomic E-state index is 0.379. The Labute approximate surface area is 85.4 Å². The zero-order valence-electron chi connectivity index (χ0n) is 7.32. The van der Waals surface area contributed by atoms with Crippen molar-refractivity contribution in [1.29, 1.82) is 0 Å². The van der Waals surface area contributed by atoms with Crippen LogP contribution in [0.1, 0.15) is 24.6 Å². The molecule has 4 nitrogen and oxygen atoms in total. The first kappa shape index (κ1) is 9.15. The molecule has 0 aromatic carbocycles. The summed E-state index contributed by atoms with van der Waals surface area (Å²) in [6, 6.07) is 0.379. The molecule has 2 heterocycles. The Morgan fingerprint density at radius 2 is 2.62 bits per heavy atom. The number of hydrogen-bond donors (Lipinski definition) is 0. The molecule has 1 fully saturated rings. The van der Waals surface area contributed by atoms with Crippen LogP contribution in [-0.2, 0) is 10.1 Å². The number of rotatable bonds is 2. The van der Waals surface area contributed by atoms with Gasteiger partial charge in [0.2, 0.25) is 0 Å². The molecule has 0 saturated carbocycles. The highest BCUT2D eigenvalue weighted by Crippen LogP contribution is 2.20. The Bertz CT molecular complexity index is 270. The normalized spacial score (nSPS) is 23.3. The van der Waals surface area contributed by atoms with E-state index in [2.05, 4.69) is 26.2 Å². The second kappa shape index (κ2) is 4.19. The molecule has 1 unspecified atom stereocenters. The SMILES string of the molecule is BrCc1cnnn1C1CCCOC1. The van der Waals surface area contributed by atoms with E-state index in [0.717, 1.165) is 37.1 Å². The fourth-order valence-electron chi connectivity index (χ4n) is 1.58. The number of ether oxygens (including phenoxy) is 1. The van der Waals surface area contributed by atoms with Crippen molar-refractivity contribution in [1.82, 2.24) is 15.0 Å². The van der Waals surface area contributed by atoms with Crippen LogP contribution in [0.2, 0.25) is 0 Å². The third-order valence-electron chi connectivity index (χ3n) is 2.27. The highest BCUT2D eigenvalue weighted by Gasteiger charge is 2.18. The standard InChI is InChI=1S/C8H12BrN3O/c9-4-8-5-10-11-12(8)7-2-1-3-13-6-7/h5,7H,1-4,6H2. The Balaban J connectivity index is 2.13. The Morgan fingerprint density at radius 3 is 3.31 bits per heavy atom. The molecule has 0 amide bonds. The summed E-state index contributed by atoms with van der Waals surface area (Å²) in [4.78, 5) is 0. The van der Waals surface area contributed by atoms with Crippen LogP contribution in [0.25, 0.3) is 0 Å². The fourth-order valence-corrected chi connectivity index (χ4v) is 1.99. The molecule has 0 bridgehead atoms. The van der Waals surface area contributed by atoms with E-state index < -0.39 is 0 Å². The predicted octanol–water partition coefficient (Wildman–Crippen LogP) is 1.52. The minimum absolute atomic E-state index is 0.379. The van der Waals surface area contributed by atoms with Crippen molar-refractivity contribution in [2.24, 2.45) is 0 Å². The van der Waals surface area contributed by atoms with Gasteiger partial charge in [-0.1, -0.05) is 21.1 Å². The van der Waals surface area contributed by atoms with Crippen molar-refractivity contribution in [2.45, 2.75) is 24.2 Å². The maximum absolute atomic E-state index is 5.40. The fraction of sp³-hybridized carbons (Fsp3) is 0.750. The third kappa shape index (κ3) is 1.91. The summed E-state index contributed by atoms with van der Waals surface area (Å²) in [6.07, 6.45) is 4.05. The number of hydrogen-bond acceptors (Lipinski definition) is 3. The average Bonchev–Trinajstić information content (AvgIpc) is 2.67. The number of aromatic nitrogens is 3. The molecule has 72 valence electrons. The van der Waals surface area contributed by atoms with E-state index >= 15 is 0 Å². The van der Waals surface area contributed by atoms with Crippen LogP contribution in [0.5, 0.6) is 0 Å². The molecule has 0 spiro atoms. The quantitative estimate of drug-likeness (QED) is 0.743. The molecule has 5 heteroatoms. The van der Waals surface area contributed by atoms with Crippen molar-refractivity contribution >= 4 is 15.9 Å². The Kier molecular flexibility index (Phi) is 2.95. The van der Waals surface area contributed by atoms with Gasteiger partial charge in [0, 0.05) is 11.9 Å². The van der Waals surface area contributed by atoms with E-state index in [9.17, 15) is 0 Å². The maximum Gasteiger partial charge on any atom is 0.0774 e. The first-order chi connectivity index (χ1) is 6.42. The highest BCUT2D eigenvalue weighted by atomic mass is 79.9. The molecular weight excluding hydrogens is 234 g/mol. The van der Waals surface area contributed by atoms with Gasteiger partial charge in [0.25, 0.3) is 0 Å². The Morgan fingerprint density at radius 1 is 1.69 bits per heavy atom. The summed E-state index contributed by atoms with van der Waals surface area (Å²) in [5.74, 6) is 0. The van der Waals surface area contributed by atoms with Crippen LogP contribution < -0.4 is 0 Å². The van der Waals surface area contributed by atoms with Crippen molar-refractivity contribution < 1.29 is 4.74 Å². The molecule has 13 heavy (non-hydrogen) atoms. The maximum atomic E-state index is 5.40. The second-order valence-electron chi connectivity index (χ2n) is 3.17. The molecule has 1 aliphatic rings. The van der Waals surface area contributed by atoms with Crippen molar-refractivity contribution in [2.75, 3.05) is 13.2 Å². The number of halogens is 1. The monoisotopic (exact) mass is 245 g/mol. The molecule has 2 rings (SSSR count). The smallest absolute Gasteiger partial charge is 0.0774 e. The van der Waals surface area contributed by atoms with Gasteiger partial charge in [0.05, 0.1) is 24.5 Å². The molecule has 1 aromatic rings. The summed E-state index contributed by atoms with van der Waals surface area (Å²) in [6.45, 7) is 1.65. The zero-order valence-corrected chi connectivity index (χ0v) is 8.90. The number of alkyl halides is 1. The second-order valence-corrected chi connectivity index (χ2v) is 3.74. The van der Waals surface area contributed by atoms with Crippen LogP contribution in [0.3, 0.4) is 0 Å². The average molecular weight is 246 g/mol. The third-order valence-corrected chi connectivity index (χ3v) is 2.84. The van der Waals surface area contributed by atoms with E-state index in [1.54, 1.807) is 6.20 Å². The van der Waals surface area contributed by atoms with E-state index in [-0.39, 0.29) is 0 Å². The van der Waals surface area contributed by atoms with Crippen LogP contribution in [0.15, 0.2) is 6.20 Å². The van der Waals surface area contributed by atoms with Crippen molar-refractivity contribution in [3.8, 4) is 0 Å². The zero-order chi connectivity index (χ0) is 9.10. The van der Waals surface area contributed by atoms with Gasteiger partial charge >= 0.3 is 0 Å². The molecule has 1 aliphatic heterocycles. The summed E-state index contributed by atoms with van der Waals surface area (Å²) in [5.41, 5.74) is 1.12. The van der Waals surface area contributed by atoms with Crippen LogP contribution in [0.4, 0.5) is 0 Å². The topological polar surface area (TPSA) is 39.9 Å². The van der Waals surface area contributed by atoms with Crippen molar-refractivity contribution in [3.63, 3.8) is 0 Å². The number of nitrogens with zero attached hydrogens (tertiary/aromatic N) is 3. The van der Waals surface area contributed by atoms with Gasteiger partial charge in [0.15, 0.2) is 0 Å². The summed E-state index contributed by atoms with van der Waals surface area (Å²) in [7, 11) is 0. The molecule has 0 aliphatic carbocycles. The first-order valence-electron chi connectivity index (χ1n) is 4.44. The lowest BCUT2D eigenvalue weighted by Crippen LogP contribution is -2.23. The van der Waals surface area contributed by atoms with Gasteiger partial charge < -0.3 is 4.74 Å². The summed E-state index contributed by atoms with van der Waals surface area (Å²) < 4.78 is 7.37. The lowest BCUT2D eigenvalue weighted by atomic mass is 10.1. The van der Waals surface area contributed by atoms with E-state index in [4.69, 9.17) is 4.74 Å². The van der Waals surface area contributed by atoms with Crippen LogP contribution in [-0.4, -0.2) is 28.2 Å². The molecule has 1 aromatic heterocycles. The molecule has 0 N–H and O–H groups in total. The van der Waals surface area contributed by atoms with E-state index in [1.807, 2.05) is 4.68 Å². The van der Waals surface area contributed by atoms with Gasteiger partial charge in [-0.05, 0) is 12.8 Å². The minimum Gasteiger partial charge on any atom is -0.379 e. The van der Waals surface area contributed by atoms with Gasteiger partial charge in [-0.15, -0.1) is 5.10 Å². The highest BCUT2D eigenvalue weighted by molar-refractivity contribution is 9.08. The lowest BCUT2D eigenvalue weighted by Gasteiger charge is -2.22. The van der Waals surface area contributed by atoms with Gasteiger partial charge in [-0.25, -0.2) is 4.68 Å². The summed E-state index contributed by atoms with van der Waals surface area (Å²) in [5, 5.41) is 8.77. The molecular formula is C8H12BrN3O. The lowest BCUT2D eigenvalue weighted by molar-refractivity contribution is 0.0535.